The third-order valence-electron chi connectivity index (χ3n) is 5.23. The van der Waals surface area contributed by atoms with Crippen LogP contribution in [0.5, 0.6) is 11.5 Å². The van der Waals surface area contributed by atoms with Crippen LogP contribution in [0.25, 0.3) is 6.08 Å². The predicted octanol–water partition coefficient (Wildman–Crippen LogP) is 4.50. The molecule has 0 spiro atoms. The number of anilines is 1. The Morgan fingerprint density at radius 2 is 1.69 bits per heavy atom. The molecule has 0 aliphatic carbocycles. The molecule has 178 valence electrons. The van der Waals surface area contributed by atoms with Crippen LogP contribution in [0.4, 0.5) is 5.69 Å². The van der Waals surface area contributed by atoms with Gasteiger partial charge in [0.15, 0.2) is 16.7 Å². The Hall–Kier alpha value is -4.04. The summed E-state index contributed by atoms with van der Waals surface area (Å²) < 4.78 is 10.9. The first kappa shape index (κ1) is 24.1. The molecular weight excluding hydrogens is 462 g/mol. The topological polar surface area (TPSA) is 80.2 Å². The van der Waals surface area contributed by atoms with Gasteiger partial charge in [0.05, 0.1) is 25.7 Å². The number of amidine groups is 1. The summed E-state index contributed by atoms with van der Waals surface area (Å²) in [5.74, 6) is 0.763. The van der Waals surface area contributed by atoms with Crippen molar-refractivity contribution in [2.24, 2.45) is 4.99 Å². The normalized spacial score (nSPS) is 14.1. The van der Waals surface area contributed by atoms with E-state index in [1.165, 1.54) is 16.7 Å². The molecule has 35 heavy (non-hydrogen) atoms. The zero-order valence-electron chi connectivity index (χ0n) is 19.4. The molecule has 3 aromatic rings. The van der Waals surface area contributed by atoms with E-state index in [4.69, 9.17) is 9.47 Å². The molecule has 0 radical (unpaired) electrons. The van der Waals surface area contributed by atoms with Crippen LogP contribution in [-0.4, -0.2) is 37.0 Å². The third-order valence-corrected chi connectivity index (χ3v) is 6.17. The number of thioether (sulfide) groups is 1. The average Bonchev–Trinajstić information content (AvgIpc) is 3.21. The van der Waals surface area contributed by atoms with E-state index in [-0.39, 0.29) is 23.3 Å². The van der Waals surface area contributed by atoms with Crippen LogP contribution in [0.15, 0.2) is 89.6 Å². The highest BCUT2D eigenvalue weighted by Gasteiger charge is 2.32. The highest BCUT2D eigenvalue weighted by Crippen LogP contribution is 2.34. The van der Waals surface area contributed by atoms with Crippen LogP contribution in [0.1, 0.15) is 11.1 Å². The average molecular weight is 488 g/mol. The summed E-state index contributed by atoms with van der Waals surface area (Å²) in [5, 5.41) is 3.34. The van der Waals surface area contributed by atoms with Crippen molar-refractivity contribution in [3.05, 3.63) is 95.7 Å². The molecule has 2 amide bonds. The Morgan fingerprint density at radius 1 is 0.971 bits per heavy atom. The summed E-state index contributed by atoms with van der Waals surface area (Å²) in [4.78, 5) is 32.0. The van der Waals surface area contributed by atoms with Crippen molar-refractivity contribution in [2.45, 2.75) is 6.54 Å². The van der Waals surface area contributed by atoms with E-state index in [1.54, 1.807) is 26.4 Å². The zero-order chi connectivity index (χ0) is 24.6. The minimum atomic E-state index is -0.284. The second kappa shape index (κ2) is 11.4. The number of benzene rings is 3. The summed E-state index contributed by atoms with van der Waals surface area (Å²) in [6.45, 7) is 0.439. The first-order valence-corrected chi connectivity index (χ1v) is 11.9. The molecule has 1 N–H and O–H groups in total. The number of aliphatic imine (C=N–C) groups is 1. The molecule has 0 saturated carbocycles. The van der Waals surface area contributed by atoms with Crippen LogP contribution in [-0.2, 0) is 16.1 Å². The fourth-order valence-corrected chi connectivity index (χ4v) is 4.39. The molecular formula is C27H25N3O4S. The Kier molecular flexibility index (Phi) is 7.84. The SMILES string of the molecule is COc1cccc(/C=C2/N=C(SCC(=O)NCc3ccccc3)N(c3ccccc3)C2=O)c1OC. The molecule has 1 aliphatic heterocycles. The van der Waals surface area contributed by atoms with E-state index in [0.29, 0.717) is 34.5 Å². The lowest BCUT2D eigenvalue weighted by molar-refractivity contribution is -0.118. The first-order valence-electron chi connectivity index (χ1n) is 10.9. The Morgan fingerprint density at radius 3 is 2.37 bits per heavy atom. The lowest BCUT2D eigenvalue weighted by atomic mass is 10.1. The molecule has 0 aromatic heterocycles. The van der Waals surface area contributed by atoms with Crippen LogP contribution >= 0.6 is 11.8 Å². The molecule has 0 unspecified atom stereocenters. The van der Waals surface area contributed by atoms with Crippen molar-refractivity contribution in [1.29, 1.82) is 0 Å². The highest BCUT2D eigenvalue weighted by atomic mass is 32.2. The molecule has 0 atom stereocenters. The molecule has 4 rings (SSSR count). The lowest BCUT2D eigenvalue weighted by Crippen LogP contribution is -2.32. The number of nitrogens with zero attached hydrogens (tertiary/aromatic N) is 2. The van der Waals surface area contributed by atoms with E-state index < -0.39 is 0 Å². The van der Waals surface area contributed by atoms with Gasteiger partial charge < -0.3 is 14.8 Å². The minimum Gasteiger partial charge on any atom is -0.493 e. The maximum atomic E-state index is 13.4. The van der Waals surface area contributed by atoms with Gasteiger partial charge in [-0.25, -0.2) is 4.99 Å². The number of amides is 2. The highest BCUT2D eigenvalue weighted by molar-refractivity contribution is 8.14. The van der Waals surface area contributed by atoms with Crippen molar-refractivity contribution in [3.63, 3.8) is 0 Å². The van der Waals surface area contributed by atoms with Gasteiger partial charge in [-0.1, -0.05) is 72.4 Å². The van der Waals surface area contributed by atoms with Gasteiger partial charge in [-0.2, -0.15) is 0 Å². The Labute approximate surface area is 208 Å². The molecule has 7 nitrogen and oxygen atoms in total. The van der Waals surface area contributed by atoms with Gasteiger partial charge in [0.1, 0.15) is 5.70 Å². The number of carbonyl (C=O) groups is 2. The molecule has 0 fully saturated rings. The van der Waals surface area contributed by atoms with Crippen molar-refractivity contribution in [2.75, 3.05) is 24.9 Å². The van der Waals surface area contributed by atoms with Crippen LogP contribution in [0.2, 0.25) is 0 Å². The summed E-state index contributed by atoms with van der Waals surface area (Å²) in [5.41, 5.74) is 2.60. The molecule has 0 bridgehead atoms. The summed E-state index contributed by atoms with van der Waals surface area (Å²) in [6, 6.07) is 24.4. The number of rotatable bonds is 8. The Balaban J connectivity index is 1.57. The van der Waals surface area contributed by atoms with Gasteiger partial charge in [-0.05, 0) is 29.8 Å². The third kappa shape index (κ3) is 5.73. The van der Waals surface area contributed by atoms with Crippen LogP contribution < -0.4 is 19.7 Å². The van der Waals surface area contributed by atoms with Crippen LogP contribution in [0, 0.1) is 0 Å². The Bertz CT molecular complexity index is 1260. The van der Waals surface area contributed by atoms with Crippen molar-refractivity contribution >= 4 is 40.5 Å². The van der Waals surface area contributed by atoms with Gasteiger partial charge in [-0.15, -0.1) is 0 Å². The van der Waals surface area contributed by atoms with E-state index >= 15 is 0 Å². The van der Waals surface area contributed by atoms with E-state index in [1.807, 2.05) is 72.8 Å². The smallest absolute Gasteiger partial charge is 0.283 e. The van der Waals surface area contributed by atoms with Crippen molar-refractivity contribution in [1.82, 2.24) is 5.32 Å². The zero-order valence-corrected chi connectivity index (χ0v) is 20.2. The van der Waals surface area contributed by atoms with Gasteiger partial charge >= 0.3 is 0 Å². The van der Waals surface area contributed by atoms with Gasteiger partial charge in [0.2, 0.25) is 5.91 Å². The summed E-state index contributed by atoms with van der Waals surface area (Å²) >= 11 is 1.21. The summed E-state index contributed by atoms with van der Waals surface area (Å²) in [7, 11) is 3.10. The van der Waals surface area contributed by atoms with Crippen LogP contribution in [0.3, 0.4) is 0 Å². The van der Waals surface area contributed by atoms with Crippen molar-refractivity contribution in [3.8, 4) is 11.5 Å². The second-order valence-corrected chi connectivity index (χ2v) is 8.48. The number of ether oxygens (including phenoxy) is 2. The van der Waals surface area contributed by atoms with Gasteiger partial charge in [0, 0.05) is 12.1 Å². The fraction of sp³-hybridized carbons (Fsp3) is 0.148. The number of hydrogen-bond acceptors (Lipinski definition) is 6. The minimum absolute atomic E-state index is 0.123. The lowest BCUT2D eigenvalue weighted by Gasteiger charge is -2.17. The number of para-hydroxylation sites is 2. The molecule has 0 saturated heterocycles. The van der Waals surface area contributed by atoms with Gasteiger partial charge in [-0.3, -0.25) is 14.5 Å². The molecule has 1 aliphatic rings. The van der Waals surface area contributed by atoms with E-state index in [9.17, 15) is 9.59 Å². The van der Waals surface area contributed by atoms with Crippen molar-refractivity contribution < 1.29 is 19.1 Å². The second-order valence-electron chi connectivity index (χ2n) is 7.53. The first-order chi connectivity index (χ1) is 17.1. The largest absolute Gasteiger partial charge is 0.493 e. The van der Waals surface area contributed by atoms with E-state index in [2.05, 4.69) is 10.3 Å². The predicted molar refractivity (Wildman–Crippen MR) is 140 cm³/mol. The monoisotopic (exact) mass is 487 g/mol. The molecule has 3 aromatic carbocycles. The quantitative estimate of drug-likeness (QED) is 0.474. The number of carbonyl (C=O) groups excluding carboxylic acids is 2. The maximum Gasteiger partial charge on any atom is 0.283 e. The molecule has 1 heterocycles. The summed E-state index contributed by atoms with van der Waals surface area (Å²) in [6.07, 6.45) is 1.67. The standard InChI is InChI=1S/C27H25N3O4S/c1-33-23-15-9-12-20(25(23)34-2)16-22-26(32)30(21-13-7-4-8-14-21)27(29-22)35-18-24(31)28-17-19-10-5-3-6-11-19/h3-16H,17-18H2,1-2H3,(H,28,31)/b22-16+. The fourth-order valence-electron chi connectivity index (χ4n) is 3.55. The van der Waals surface area contributed by atoms with Gasteiger partial charge in [0.25, 0.3) is 5.91 Å². The number of hydrogen-bond donors (Lipinski definition) is 1. The van der Waals surface area contributed by atoms with E-state index in [0.717, 1.165) is 5.56 Å². The number of methoxy groups -OCH3 is 2. The molecule has 8 heteroatoms. The number of nitrogens with one attached hydrogen (secondary N) is 1. The maximum absolute atomic E-state index is 13.4.